The summed E-state index contributed by atoms with van der Waals surface area (Å²) in [6, 6.07) is 0.943. The van der Waals surface area contributed by atoms with E-state index in [0.717, 1.165) is 11.1 Å². The van der Waals surface area contributed by atoms with Crippen LogP contribution in [0.2, 0.25) is 0 Å². The van der Waals surface area contributed by atoms with Crippen molar-refractivity contribution in [3.63, 3.8) is 0 Å². The molecular weight excluding hydrogens is 313 g/mol. The minimum absolute atomic E-state index is 0.0407. The van der Waals surface area contributed by atoms with Gasteiger partial charge in [0.25, 0.3) is 0 Å². The molecule has 1 unspecified atom stereocenters. The summed E-state index contributed by atoms with van der Waals surface area (Å²) in [5, 5.41) is 6.28. The van der Waals surface area contributed by atoms with Crippen LogP contribution in [-0.4, -0.2) is 52.7 Å². The van der Waals surface area contributed by atoms with Gasteiger partial charge in [0.2, 0.25) is 0 Å². The number of rotatable bonds is 4. The maximum absolute atomic E-state index is 12.3. The van der Waals surface area contributed by atoms with Gasteiger partial charge < -0.3 is 9.64 Å². The van der Waals surface area contributed by atoms with Gasteiger partial charge in [-0.05, 0) is 12.3 Å². The van der Waals surface area contributed by atoms with Gasteiger partial charge in [-0.2, -0.15) is 18.3 Å². The minimum Gasteiger partial charge on any atom is -0.377 e. The molecule has 0 aliphatic carbocycles. The second-order valence-electron chi connectivity index (χ2n) is 6.00. The normalized spacial score (nSPS) is 19.2. The highest BCUT2D eigenvalue weighted by molar-refractivity contribution is 5.88. The quantitative estimate of drug-likeness (QED) is 0.921. The maximum atomic E-state index is 12.3. The van der Waals surface area contributed by atoms with Crippen LogP contribution in [0.25, 0.3) is 0 Å². The third-order valence-corrected chi connectivity index (χ3v) is 3.45. The van der Waals surface area contributed by atoms with Crippen molar-refractivity contribution >= 4 is 11.8 Å². The van der Waals surface area contributed by atoms with Crippen LogP contribution < -0.4 is 5.32 Å². The lowest BCUT2D eigenvalue weighted by atomic mass is 10.0. The van der Waals surface area contributed by atoms with E-state index in [2.05, 4.69) is 24.3 Å². The number of alkyl halides is 3. The Hall–Kier alpha value is -1.77. The van der Waals surface area contributed by atoms with E-state index in [9.17, 15) is 18.0 Å². The minimum atomic E-state index is -4.35. The largest absolute Gasteiger partial charge is 0.408 e. The zero-order valence-corrected chi connectivity index (χ0v) is 13.1. The van der Waals surface area contributed by atoms with E-state index in [1.54, 1.807) is 4.90 Å². The topological polar surface area (TPSA) is 59.4 Å². The average molecular weight is 334 g/mol. The number of ether oxygens (including phenoxy) is 1. The lowest BCUT2D eigenvalue weighted by Crippen LogP contribution is -2.50. The Kier molecular flexibility index (Phi) is 5.51. The SMILES string of the molecule is CC(C)CC1COCCN1C(=O)Nc1ccn(CC(F)(F)F)n1. The molecule has 1 aliphatic heterocycles. The van der Waals surface area contributed by atoms with Gasteiger partial charge in [0.15, 0.2) is 5.82 Å². The molecule has 130 valence electrons. The molecule has 6 nitrogen and oxygen atoms in total. The van der Waals surface area contributed by atoms with E-state index in [1.165, 1.54) is 12.3 Å². The number of nitrogens with one attached hydrogen (secondary N) is 1. The molecule has 2 heterocycles. The van der Waals surface area contributed by atoms with Gasteiger partial charge in [0.05, 0.1) is 19.3 Å². The molecule has 1 fully saturated rings. The smallest absolute Gasteiger partial charge is 0.377 e. The molecular formula is C14H21F3N4O2. The molecule has 0 saturated carbocycles. The Bertz CT molecular complexity index is 530. The number of carbonyl (C=O) groups is 1. The maximum Gasteiger partial charge on any atom is 0.408 e. The first-order valence-electron chi connectivity index (χ1n) is 7.50. The summed E-state index contributed by atoms with van der Waals surface area (Å²) in [6.45, 7) is 4.30. The lowest BCUT2D eigenvalue weighted by molar-refractivity contribution is -0.142. The summed E-state index contributed by atoms with van der Waals surface area (Å²) < 4.78 is 43.1. The van der Waals surface area contributed by atoms with E-state index < -0.39 is 12.7 Å². The number of aromatic nitrogens is 2. The number of hydrogen-bond donors (Lipinski definition) is 1. The third kappa shape index (κ3) is 5.42. The van der Waals surface area contributed by atoms with Crippen LogP contribution in [-0.2, 0) is 11.3 Å². The summed E-state index contributed by atoms with van der Waals surface area (Å²) in [5.41, 5.74) is 0. The van der Waals surface area contributed by atoms with Crippen LogP contribution in [0, 0.1) is 5.92 Å². The van der Waals surface area contributed by atoms with Gasteiger partial charge in [0.1, 0.15) is 6.54 Å². The molecule has 2 amide bonds. The van der Waals surface area contributed by atoms with Crippen molar-refractivity contribution in [2.24, 2.45) is 5.92 Å². The molecule has 1 aliphatic rings. The van der Waals surface area contributed by atoms with Gasteiger partial charge in [-0.15, -0.1) is 0 Å². The van der Waals surface area contributed by atoms with Gasteiger partial charge in [-0.25, -0.2) is 4.79 Å². The zero-order valence-electron chi connectivity index (χ0n) is 13.1. The number of amides is 2. The first-order valence-corrected chi connectivity index (χ1v) is 7.50. The Morgan fingerprint density at radius 1 is 1.52 bits per heavy atom. The predicted molar refractivity (Wildman–Crippen MR) is 78.1 cm³/mol. The van der Waals surface area contributed by atoms with Crippen LogP contribution in [0.5, 0.6) is 0 Å². The van der Waals surface area contributed by atoms with Crippen LogP contribution in [0.3, 0.4) is 0 Å². The molecule has 1 aromatic heterocycles. The first kappa shape index (κ1) is 17.6. The van der Waals surface area contributed by atoms with Crippen molar-refractivity contribution in [3.8, 4) is 0 Å². The molecule has 1 N–H and O–H groups in total. The number of hydrogen-bond acceptors (Lipinski definition) is 3. The number of anilines is 1. The van der Waals surface area contributed by atoms with Crippen molar-refractivity contribution < 1.29 is 22.7 Å². The highest BCUT2D eigenvalue weighted by atomic mass is 19.4. The van der Waals surface area contributed by atoms with Gasteiger partial charge in [-0.3, -0.25) is 10.00 Å². The highest BCUT2D eigenvalue weighted by Crippen LogP contribution is 2.19. The Labute approximate surface area is 132 Å². The van der Waals surface area contributed by atoms with E-state index in [4.69, 9.17) is 4.74 Å². The fourth-order valence-electron chi connectivity index (χ4n) is 2.54. The van der Waals surface area contributed by atoms with Gasteiger partial charge in [0, 0.05) is 18.8 Å². The predicted octanol–water partition coefficient (Wildman–Crippen LogP) is 2.72. The molecule has 0 bridgehead atoms. The molecule has 0 radical (unpaired) electrons. The summed E-state index contributed by atoms with van der Waals surface area (Å²) in [6.07, 6.45) is -2.36. The number of urea groups is 1. The van der Waals surface area contributed by atoms with Gasteiger partial charge >= 0.3 is 12.2 Å². The molecule has 23 heavy (non-hydrogen) atoms. The van der Waals surface area contributed by atoms with Crippen molar-refractivity contribution in [2.45, 2.75) is 39.0 Å². The molecule has 9 heteroatoms. The summed E-state index contributed by atoms with van der Waals surface area (Å²) in [5.74, 6) is 0.511. The monoisotopic (exact) mass is 334 g/mol. The average Bonchev–Trinajstić information content (AvgIpc) is 2.83. The summed E-state index contributed by atoms with van der Waals surface area (Å²) >= 11 is 0. The van der Waals surface area contributed by atoms with Crippen LogP contribution >= 0.6 is 0 Å². The van der Waals surface area contributed by atoms with E-state index in [-0.39, 0.29) is 17.9 Å². The third-order valence-electron chi connectivity index (χ3n) is 3.45. The second kappa shape index (κ2) is 7.20. The molecule has 1 aromatic rings. The van der Waals surface area contributed by atoms with Crippen molar-refractivity contribution in [1.29, 1.82) is 0 Å². The molecule has 1 saturated heterocycles. The first-order chi connectivity index (χ1) is 10.7. The standard InChI is InChI=1S/C14H21F3N4O2/c1-10(2)7-11-8-23-6-5-21(11)13(22)18-12-3-4-20(19-12)9-14(15,16)17/h3-4,10-11H,5-9H2,1-2H3,(H,18,19,22). The number of halogens is 3. The Morgan fingerprint density at radius 2 is 2.26 bits per heavy atom. The number of carbonyl (C=O) groups excluding carboxylic acids is 1. The van der Waals surface area contributed by atoms with Crippen LogP contribution in [0.1, 0.15) is 20.3 Å². The summed E-state index contributed by atoms with van der Waals surface area (Å²) in [4.78, 5) is 14.0. The van der Waals surface area contributed by atoms with Crippen molar-refractivity contribution in [3.05, 3.63) is 12.3 Å². The van der Waals surface area contributed by atoms with Crippen LogP contribution in [0.4, 0.5) is 23.8 Å². The van der Waals surface area contributed by atoms with E-state index >= 15 is 0 Å². The molecule has 2 rings (SSSR count). The highest BCUT2D eigenvalue weighted by Gasteiger charge is 2.30. The van der Waals surface area contributed by atoms with E-state index in [0.29, 0.717) is 25.7 Å². The zero-order chi connectivity index (χ0) is 17.0. The lowest BCUT2D eigenvalue weighted by Gasteiger charge is -2.36. The molecule has 0 spiro atoms. The van der Waals surface area contributed by atoms with Crippen molar-refractivity contribution in [2.75, 3.05) is 25.1 Å². The fraction of sp³-hybridized carbons (Fsp3) is 0.714. The second-order valence-corrected chi connectivity index (χ2v) is 6.00. The number of nitrogens with zero attached hydrogens (tertiary/aromatic N) is 3. The Balaban J connectivity index is 1.97. The van der Waals surface area contributed by atoms with Gasteiger partial charge in [-0.1, -0.05) is 13.8 Å². The fourth-order valence-corrected chi connectivity index (χ4v) is 2.54. The van der Waals surface area contributed by atoms with E-state index in [1.807, 2.05) is 0 Å². The van der Waals surface area contributed by atoms with Crippen molar-refractivity contribution in [1.82, 2.24) is 14.7 Å². The van der Waals surface area contributed by atoms with Crippen LogP contribution in [0.15, 0.2) is 12.3 Å². The summed E-state index contributed by atoms with van der Waals surface area (Å²) in [7, 11) is 0. The number of morpholine rings is 1. The molecule has 1 atom stereocenters. The Morgan fingerprint density at radius 3 is 2.91 bits per heavy atom. The molecule has 0 aromatic carbocycles.